The molecule has 1 aromatic carbocycles. The summed E-state index contributed by atoms with van der Waals surface area (Å²) in [6.07, 6.45) is -0.851. The highest BCUT2D eigenvalue weighted by molar-refractivity contribution is 5.98. The number of carbonyl (C=O) groups excluding carboxylic acids is 2. The molecule has 0 spiro atoms. The second-order valence-electron chi connectivity index (χ2n) is 6.47. The van der Waals surface area contributed by atoms with Crippen LogP contribution in [-0.2, 0) is 9.53 Å². The molecule has 1 aliphatic heterocycles. The molecule has 2 rings (SSSR count). The first-order chi connectivity index (χ1) is 11.6. The summed E-state index contributed by atoms with van der Waals surface area (Å²) in [4.78, 5) is 24.0. The average molecular weight is 349 g/mol. The number of hydrazine groups is 1. The lowest BCUT2D eigenvalue weighted by Gasteiger charge is -2.24. The summed E-state index contributed by atoms with van der Waals surface area (Å²) < 4.78 is 10.3. The van der Waals surface area contributed by atoms with E-state index < -0.39 is 11.7 Å². The van der Waals surface area contributed by atoms with Crippen molar-refractivity contribution in [2.24, 2.45) is 11.6 Å². The number of nitrogens with two attached hydrogens (primary N) is 2. The third-order valence-electron chi connectivity index (χ3n) is 3.30. The van der Waals surface area contributed by atoms with Gasteiger partial charge >= 0.3 is 6.09 Å². The molecule has 0 saturated carbocycles. The van der Waals surface area contributed by atoms with E-state index in [9.17, 15) is 9.59 Å². The van der Waals surface area contributed by atoms with Gasteiger partial charge in [0.25, 0.3) is 0 Å². The molecule has 1 aliphatic rings. The third-order valence-corrected chi connectivity index (χ3v) is 3.30. The third kappa shape index (κ3) is 4.54. The second-order valence-corrected chi connectivity index (χ2v) is 6.47. The van der Waals surface area contributed by atoms with Crippen LogP contribution >= 0.6 is 0 Å². The summed E-state index contributed by atoms with van der Waals surface area (Å²) >= 11 is 0. The molecular formula is C16H23N5O4. The molecule has 0 atom stereocenters. The number of nitrogens with one attached hydrogen (secondary N) is 2. The number of ether oxygens (including phenoxy) is 2. The fourth-order valence-electron chi connectivity index (χ4n) is 2.23. The predicted octanol–water partition coefficient (Wildman–Crippen LogP) is 1.37. The Morgan fingerprint density at radius 1 is 1.36 bits per heavy atom. The molecular weight excluding hydrogens is 326 g/mol. The number of hydrogen-bond donors (Lipinski definition) is 4. The van der Waals surface area contributed by atoms with Crippen LogP contribution in [0.25, 0.3) is 0 Å². The number of methoxy groups -OCH3 is 1. The quantitative estimate of drug-likeness (QED) is 0.593. The van der Waals surface area contributed by atoms with Crippen molar-refractivity contribution in [2.75, 3.05) is 17.4 Å². The van der Waals surface area contributed by atoms with E-state index in [0.717, 1.165) is 0 Å². The van der Waals surface area contributed by atoms with Crippen molar-refractivity contribution in [2.45, 2.75) is 32.8 Å². The highest BCUT2D eigenvalue weighted by atomic mass is 16.6. The van der Waals surface area contributed by atoms with E-state index in [1.165, 1.54) is 12.1 Å². The first-order valence-electron chi connectivity index (χ1n) is 7.62. The van der Waals surface area contributed by atoms with E-state index >= 15 is 0 Å². The Balaban J connectivity index is 2.35. The monoisotopic (exact) mass is 349 g/mol. The first-order valence-corrected chi connectivity index (χ1v) is 7.62. The highest BCUT2D eigenvalue weighted by Gasteiger charge is 2.26. The van der Waals surface area contributed by atoms with Gasteiger partial charge in [-0.05, 0) is 32.9 Å². The van der Waals surface area contributed by atoms with Gasteiger partial charge in [-0.2, -0.15) is 0 Å². The van der Waals surface area contributed by atoms with Crippen molar-refractivity contribution in [3.63, 3.8) is 0 Å². The zero-order chi connectivity index (χ0) is 18.8. The fourth-order valence-corrected chi connectivity index (χ4v) is 2.23. The van der Waals surface area contributed by atoms with Crippen LogP contribution in [-0.4, -0.2) is 24.7 Å². The topological polar surface area (TPSA) is 132 Å². The normalized spacial score (nSPS) is 16.4. The number of benzene rings is 1. The Morgan fingerprint density at radius 2 is 2.04 bits per heavy atom. The molecule has 25 heavy (non-hydrogen) atoms. The van der Waals surface area contributed by atoms with Crippen LogP contribution in [0.4, 0.5) is 16.2 Å². The number of nitrogens with zero attached hydrogens (tertiary/aromatic N) is 1. The minimum atomic E-state index is -0.735. The summed E-state index contributed by atoms with van der Waals surface area (Å²) in [6, 6.07) is 5.03. The Labute approximate surface area is 145 Å². The van der Waals surface area contributed by atoms with Crippen LogP contribution in [0.2, 0.25) is 0 Å². The summed E-state index contributed by atoms with van der Waals surface area (Å²) in [5, 5.41) is 6.38. The lowest BCUT2D eigenvalue weighted by atomic mass is 10.2. The Kier molecular flexibility index (Phi) is 5.07. The molecule has 0 bridgehead atoms. The van der Waals surface area contributed by atoms with Gasteiger partial charge < -0.3 is 20.5 Å². The van der Waals surface area contributed by atoms with Gasteiger partial charge in [-0.25, -0.2) is 10.6 Å². The Hall–Kier alpha value is -2.94. The van der Waals surface area contributed by atoms with Gasteiger partial charge in [0.1, 0.15) is 17.2 Å². The SMILES string of the molecule is COc1ccc2c(c1)N(N)/C(=C(\N)NC(=O)OC(C)(C)C)CC(=O)N2. The summed E-state index contributed by atoms with van der Waals surface area (Å²) in [5.74, 6) is 6.31. The minimum absolute atomic E-state index is 0.0671. The molecule has 6 N–H and O–H groups in total. The van der Waals surface area contributed by atoms with Crippen molar-refractivity contribution >= 4 is 23.4 Å². The molecule has 136 valence electrons. The minimum Gasteiger partial charge on any atom is -0.497 e. The van der Waals surface area contributed by atoms with Crippen molar-refractivity contribution in [1.29, 1.82) is 0 Å². The molecule has 0 unspecified atom stereocenters. The van der Waals surface area contributed by atoms with Crippen LogP contribution in [0, 0.1) is 0 Å². The Morgan fingerprint density at radius 3 is 2.64 bits per heavy atom. The number of alkyl carbamates (subject to hydrolysis) is 1. The smallest absolute Gasteiger partial charge is 0.413 e. The van der Waals surface area contributed by atoms with Crippen molar-refractivity contribution in [1.82, 2.24) is 5.32 Å². The second kappa shape index (κ2) is 6.89. The summed E-state index contributed by atoms with van der Waals surface area (Å²) in [7, 11) is 1.52. The van der Waals surface area contributed by atoms with Gasteiger partial charge in [0.15, 0.2) is 0 Å². The zero-order valence-corrected chi connectivity index (χ0v) is 14.7. The van der Waals surface area contributed by atoms with Crippen LogP contribution in [0.15, 0.2) is 29.7 Å². The molecule has 0 saturated heterocycles. The number of fused-ring (bicyclic) bond motifs is 1. The number of anilines is 2. The molecule has 1 heterocycles. The number of carbonyl (C=O) groups is 2. The number of hydrogen-bond acceptors (Lipinski definition) is 7. The fraction of sp³-hybridized carbons (Fsp3) is 0.375. The van der Waals surface area contributed by atoms with Gasteiger partial charge in [0.05, 0.1) is 30.6 Å². The Bertz CT molecular complexity index is 724. The highest BCUT2D eigenvalue weighted by Crippen LogP contribution is 2.34. The van der Waals surface area contributed by atoms with Gasteiger partial charge in [-0.3, -0.25) is 15.1 Å². The molecule has 0 fully saturated rings. The molecule has 0 aromatic heterocycles. The van der Waals surface area contributed by atoms with Crippen LogP contribution < -0.4 is 32.0 Å². The van der Waals surface area contributed by atoms with E-state index in [0.29, 0.717) is 17.1 Å². The largest absolute Gasteiger partial charge is 0.497 e. The maximum absolute atomic E-state index is 12.1. The maximum Gasteiger partial charge on any atom is 0.413 e. The molecule has 2 amide bonds. The predicted molar refractivity (Wildman–Crippen MR) is 93.5 cm³/mol. The lowest BCUT2D eigenvalue weighted by Crippen LogP contribution is -2.39. The average Bonchev–Trinajstić information content (AvgIpc) is 2.61. The summed E-state index contributed by atoms with van der Waals surface area (Å²) in [6.45, 7) is 5.19. The van der Waals surface area contributed by atoms with Crippen LogP contribution in [0.1, 0.15) is 27.2 Å². The maximum atomic E-state index is 12.1. The lowest BCUT2D eigenvalue weighted by molar-refractivity contribution is -0.115. The molecule has 9 nitrogen and oxygen atoms in total. The van der Waals surface area contributed by atoms with E-state index in [2.05, 4.69) is 10.6 Å². The van der Waals surface area contributed by atoms with Gasteiger partial charge in [-0.1, -0.05) is 0 Å². The van der Waals surface area contributed by atoms with Crippen LogP contribution in [0.3, 0.4) is 0 Å². The van der Waals surface area contributed by atoms with Crippen LogP contribution in [0.5, 0.6) is 5.75 Å². The zero-order valence-electron chi connectivity index (χ0n) is 14.7. The van der Waals surface area contributed by atoms with E-state index in [-0.39, 0.29) is 23.8 Å². The molecule has 0 radical (unpaired) electrons. The van der Waals surface area contributed by atoms with Crippen molar-refractivity contribution < 1.29 is 19.1 Å². The first kappa shape index (κ1) is 18.4. The molecule has 0 aliphatic carbocycles. The van der Waals surface area contributed by atoms with E-state index in [1.54, 1.807) is 39.0 Å². The van der Waals surface area contributed by atoms with Gasteiger partial charge in [0.2, 0.25) is 5.91 Å². The van der Waals surface area contributed by atoms with Gasteiger partial charge in [0, 0.05) is 6.07 Å². The molecule has 1 aromatic rings. The number of rotatable bonds is 2. The van der Waals surface area contributed by atoms with Crippen molar-refractivity contribution in [3.05, 3.63) is 29.7 Å². The summed E-state index contributed by atoms with van der Waals surface area (Å²) in [5.41, 5.74) is 6.49. The molecule has 9 heteroatoms. The van der Waals surface area contributed by atoms with Gasteiger partial charge in [-0.15, -0.1) is 0 Å². The van der Waals surface area contributed by atoms with E-state index in [1.807, 2.05) is 0 Å². The van der Waals surface area contributed by atoms with Crippen molar-refractivity contribution in [3.8, 4) is 5.75 Å². The number of amides is 2. The standard InChI is InChI=1S/C16H23N5O4/c1-16(2,3)25-15(23)20-14(17)12-8-13(22)19-10-6-5-9(24-4)7-11(10)21(12)18/h5-7H,8,17-18H2,1-4H3,(H,19,22)(H,20,23)/b14-12+. The van der Waals surface area contributed by atoms with E-state index in [4.69, 9.17) is 21.1 Å².